The van der Waals surface area contributed by atoms with E-state index in [0.717, 1.165) is 37.5 Å². The van der Waals surface area contributed by atoms with Crippen molar-refractivity contribution in [2.75, 3.05) is 0 Å². The molecule has 4 aliphatic carbocycles. The Kier molecular flexibility index (Phi) is 6.56. The van der Waals surface area contributed by atoms with Gasteiger partial charge in [0.2, 0.25) is 0 Å². The van der Waals surface area contributed by atoms with Crippen LogP contribution in [0, 0.1) is 40.4 Å². The third-order valence-corrected chi connectivity index (χ3v) is 10.7. The molecule has 0 radical (unpaired) electrons. The van der Waals surface area contributed by atoms with Crippen LogP contribution in [0.15, 0.2) is 22.8 Å². The van der Waals surface area contributed by atoms with Gasteiger partial charge in [-0.25, -0.2) is 0 Å². The lowest BCUT2D eigenvalue weighted by atomic mass is 9.48. The minimum atomic E-state index is -0.271. The number of fused-ring (bicyclic) bond motifs is 4. The van der Waals surface area contributed by atoms with E-state index in [4.69, 9.17) is 0 Å². The van der Waals surface area contributed by atoms with E-state index < -0.39 is 0 Å². The second-order valence-electron chi connectivity index (χ2n) is 12.5. The lowest BCUT2D eigenvalue weighted by Gasteiger charge is -2.58. The summed E-state index contributed by atoms with van der Waals surface area (Å²) in [6.07, 6.45) is 13.3. The number of allylic oxidation sites excluding steroid dienone is 3. The van der Waals surface area contributed by atoms with Crippen molar-refractivity contribution >= 4 is 0 Å². The molecule has 4 aliphatic rings. The second-order valence-corrected chi connectivity index (χ2v) is 12.5. The highest BCUT2D eigenvalue weighted by atomic mass is 16.3. The Morgan fingerprint density at radius 3 is 2.48 bits per heavy atom. The smallest absolute Gasteiger partial charge is 0.0758 e. The molecule has 0 saturated heterocycles. The van der Waals surface area contributed by atoms with Gasteiger partial charge in [0.25, 0.3) is 0 Å². The van der Waals surface area contributed by atoms with E-state index in [9.17, 15) is 10.2 Å². The zero-order valence-corrected chi connectivity index (χ0v) is 21.1. The third kappa shape index (κ3) is 3.88. The largest absolute Gasteiger partial charge is 0.393 e. The molecule has 3 fully saturated rings. The van der Waals surface area contributed by atoms with Crippen molar-refractivity contribution in [1.82, 2.24) is 0 Å². The van der Waals surface area contributed by atoms with Gasteiger partial charge >= 0.3 is 0 Å². The highest BCUT2D eigenvalue weighted by Crippen LogP contribution is 2.65. The lowest BCUT2D eigenvalue weighted by molar-refractivity contribution is -0.0664. The van der Waals surface area contributed by atoms with Crippen LogP contribution in [0.1, 0.15) is 106 Å². The van der Waals surface area contributed by atoms with Crippen molar-refractivity contribution in [2.24, 2.45) is 40.4 Å². The third-order valence-electron chi connectivity index (χ3n) is 10.7. The molecular weight excluding hydrogens is 380 g/mol. The molecule has 2 N–H and O–H groups in total. The molecule has 2 nitrogen and oxygen atoms in total. The molecule has 2 heteroatoms. The molecule has 0 aliphatic heterocycles. The van der Waals surface area contributed by atoms with Crippen molar-refractivity contribution in [3.05, 3.63) is 22.8 Å². The predicted octanol–water partition coefficient (Wildman–Crippen LogP) is 7.06. The fourth-order valence-corrected chi connectivity index (χ4v) is 8.76. The Morgan fingerprint density at radius 2 is 1.81 bits per heavy atom. The molecule has 0 spiro atoms. The SMILES string of the molecule is C/C=C(\CC[C@@H](C)[C@H]1CCC2=C3[C@H](O)C[C@H]4C[C@@H](O)CC[C@]4(C)[C@@H]3CC[C@@]21C)C(C)C. The van der Waals surface area contributed by atoms with E-state index in [1.165, 1.54) is 44.1 Å². The van der Waals surface area contributed by atoms with E-state index in [2.05, 4.69) is 47.6 Å². The minimum Gasteiger partial charge on any atom is -0.393 e. The summed E-state index contributed by atoms with van der Waals surface area (Å²) in [5.74, 6) is 3.18. The van der Waals surface area contributed by atoms with Crippen LogP contribution in [0.3, 0.4) is 0 Å². The number of hydrogen-bond donors (Lipinski definition) is 2. The molecule has 0 aromatic heterocycles. The zero-order chi connectivity index (χ0) is 22.6. The van der Waals surface area contributed by atoms with Gasteiger partial charge in [0.05, 0.1) is 12.2 Å². The van der Waals surface area contributed by atoms with Crippen molar-refractivity contribution in [3.63, 3.8) is 0 Å². The molecule has 0 amide bonds. The summed E-state index contributed by atoms with van der Waals surface area (Å²) in [4.78, 5) is 0. The van der Waals surface area contributed by atoms with Crippen LogP contribution in [0.4, 0.5) is 0 Å². The zero-order valence-electron chi connectivity index (χ0n) is 21.1. The Morgan fingerprint density at radius 1 is 1.06 bits per heavy atom. The van der Waals surface area contributed by atoms with E-state index in [0.29, 0.717) is 17.8 Å². The summed E-state index contributed by atoms with van der Waals surface area (Å²) in [5.41, 5.74) is 5.31. The maximum Gasteiger partial charge on any atom is 0.0758 e. The van der Waals surface area contributed by atoms with Crippen LogP contribution < -0.4 is 0 Å². The van der Waals surface area contributed by atoms with Gasteiger partial charge in [0, 0.05) is 0 Å². The average Bonchev–Trinajstić information content (AvgIpc) is 3.06. The highest BCUT2D eigenvalue weighted by Gasteiger charge is 2.57. The number of aliphatic hydroxyl groups is 2. The number of rotatable bonds is 5. The molecule has 4 rings (SSSR count). The molecule has 31 heavy (non-hydrogen) atoms. The van der Waals surface area contributed by atoms with E-state index in [-0.39, 0.29) is 23.0 Å². The average molecular weight is 429 g/mol. The van der Waals surface area contributed by atoms with Crippen molar-refractivity contribution in [1.29, 1.82) is 0 Å². The van der Waals surface area contributed by atoms with Crippen molar-refractivity contribution in [3.8, 4) is 0 Å². The van der Waals surface area contributed by atoms with Gasteiger partial charge in [-0.15, -0.1) is 0 Å². The standard InChI is InChI=1S/C29H48O2/c1-7-20(18(2)3)9-8-19(4)23-10-11-24-27-25(13-15-29(23,24)6)28(5)14-12-22(30)16-21(28)17-26(27)31/h7,18-19,21-23,25-26,30-31H,8-17H2,1-6H3/b20-7+/t19-,21-,22+,23-,25-,26-,28+,29-/m1/s1. The maximum absolute atomic E-state index is 11.4. The summed E-state index contributed by atoms with van der Waals surface area (Å²) in [6.45, 7) is 14.4. The monoisotopic (exact) mass is 428 g/mol. The normalized spacial score (nSPS) is 44.2. The van der Waals surface area contributed by atoms with E-state index in [1.54, 1.807) is 11.1 Å². The Hall–Kier alpha value is -0.600. The molecule has 0 aromatic rings. The fourth-order valence-electron chi connectivity index (χ4n) is 8.76. The van der Waals surface area contributed by atoms with Crippen LogP contribution in [0.5, 0.6) is 0 Å². The predicted molar refractivity (Wildman–Crippen MR) is 130 cm³/mol. The summed E-state index contributed by atoms with van der Waals surface area (Å²) >= 11 is 0. The van der Waals surface area contributed by atoms with Gasteiger partial charge in [-0.1, -0.05) is 51.8 Å². The van der Waals surface area contributed by atoms with Gasteiger partial charge in [0.1, 0.15) is 0 Å². The summed E-state index contributed by atoms with van der Waals surface area (Å²) in [5, 5.41) is 21.6. The first-order valence-electron chi connectivity index (χ1n) is 13.4. The van der Waals surface area contributed by atoms with Crippen LogP contribution in [-0.4, -0.2) is 22.4 Å². The first-order chi connectivity index (χ1) is 14.6. The molecule has 0 aromatic carbocycles. The topological polar surface area (TPSA) is 40.5 Å². The summed E-state index contributed by atoms with van der Waals surface area (Å²) in [7, 11) is 0. The van der Waals surface area contributed by atoms with Crippen molar-refractivity contribution in [2.45, 2.75) is 118 Å². The lowest BCUT2D eigenvalue weighted by Crippen LogP contribution is -2.52. The number of aliphatic hydroxyl groups excluding tert-OH is 2. The summed E-state index contributed by atoms with van der Waals surface area (Å²) < 4.78 is 0. The number of hydrogen-bond acceptors (Lipinski definition) is 2. The highest BCUT2D eigenvalue weighted by molar-refractivity contribution is 5.37. The molecule has 176 valence electrons. The van der Waals surface area contributed by atoms with E-state index >= 15 is 0 Å². The van der Waals surface area contributed by atoms with Crippen LogP contribution >= 0.6 is 0 Å². The van der Waals surface area contributed by atoms with Crippen LogP contribution in [0.25, 0.3) is 0 Å². The van der Waals surface area contributed by atoms with Gasteiger partial charge in [0.15, 0.2) is 0 Å². The molecule has 3 saturated carbocycles. The molecule has 0 unspecified atom stereocenters. The van der Waals surface area contributed by atoms with Gasteiger partial charge in [-0.05, 0) is 117 Å². The van der Waals surface area contributed by atoms with Crippen molar-refractivity contribution < 1.29 is 10.2 Å². The minimum absolute atomic E-state index is 0.155. The van der Waals surface area contributed by atoms with E-state index in [1.807, 2.05) is 0 Å². The first kappa shape index (κ1) is 23.6. The molecule has 0 bridgehead atoms. The Labute approximate surface area is 191 Å². The molecule has 0 heterocycles. The Bertz CT molecular complexity index is 733. The summed E-state index contributed by atoms with van der Waals surface area (Å²) in [6, 6.07) is 0. The molecule has 8 atom stereocenters. The molecular formula is C29H48O2. The Balaban J connectivity index is 1.57. The van der Waals surface area contributed by atoms with Crippen LogP contribution in [-0.2, 0) is 0 Å². The van der Waals surface area contributed by atoms with Gasteiger partial charge in [-0.3, -0.25) is 0 Å². The van der Waals surface area contributed by atoms with Gasteiger partial charge in [-0.2, -0.15) is 0 Å². The first-order valence-corrected chi connectivity index (χ1v) is 13.4. The van der Waals surface area contributed by atoms with Gasteiger partial charge < -0.3 is 10.2 Å². The quantitative estimate of drug-likeness (QED) is 0.460. The second kappa shape index (κ2) is 8.64. The van der Waals surface area contributed by atoms with Crippen LogP contribution in [0.2, 0.25) is 0 Å². The fraction of sp³-hybridized carbons (Fsp3) is 0.862. The maximum atomic E-state index is 11.4.